The summed E-state index contributed by atoms with van der Waals surface area (Å²) in [6.45, 7) is 6.94. The molecule has 0 fully saturated rings. The van der Waals surface area contributed by atoms with E-state index in [1.165, 1.54) is 55.5 Å². The highest BCUT2D eigenvalue weighted by Gasteiger charge is 2.35. The lowest BCUT2D eigenvalue weighted by Crippen LogP contribution is -2.16. The Kier molecular flexibility index (Phi) is 6.77. The Balaban J connectivity index is 1.37. The molecule has 6 aromatic carbocycles. The maximum atomic E-state index is 2.41. The van der Waals surface area contributed by atoms with Gasteiger partial charge in [-0.05, 0) is 98.9 Å². The van der Waals surface area contributed by atoms with Gasteiger partial charge in [0.25, 0.3) is 0 Å². The summed E-state index contributed by atoms with van der Waals surface area (Å²) in [7, 11) is 0.779. The van der Waals surface area contributed by atoms with E-state index in [4.69, 9.17) is 0 Å². The largest absolute Gasteiger partial charge is 0.310 e. The highest BCUT2D eigenvalue weighted by Crippen LogP contribution is 2.50. The van der Waals surface area contributed by atoms with Crippen LogP contribution in [0.15, 0.2) is 146 Å². The Morgan fingerprint density at radius 2 is 1.05 bits per heavy atom. The van der Waals surface area contributed by atoms with Gasteiger partial charge < -0.3 is 4.90 Å². The van der Waals surface area contributed by atoms with Crippen LogP contribution in [0.5, 0.6) is 0 Å². The second-order valence-corrected chi connectivity index (χ2v) is 12.6. The highest BCUT2D eigenvalue weighted by molar-refractivity contribution is 7.46. The number of anilines is 3. The van der Waals surface area contributed by atoms with E-state index in [0.29, 0.717) is 0 Å². The van der Waals surface area contributed by atoms with Crippen LogP contribution in [0.25, 0.3) is 33.4 Å². The minimum atomic E-state index is -0.0615. The molecule has 1 aliphatic rings. The SMILES string of the molecule is CPc1cccc(-c2cccc(N(c3ccc(-c4ccccc4)cc3)c3ccc4c(c3)C(C)(C)c3ccccc3-4)c2)c1. The van der Waals surface area contributed by atoms with Crippen LogP contribution in [0, 0.1) is 0 Å². The predicted molar refractivity (Wildman–Crippen MR) is 183 cm³/mol. The topological polar surface area (TPSA) is 3.24 Å². The minimum Gasteiger partial charge on any atom is -0.310 e. The third-order valence-corrected chi connectivity index (χ3v) is 9.54. The number of rotatable bonds is 6. The first-order valence-corrected chi connectivity index (χ1v) is 16.1. The molecular formula is C40H34NP. The van der Waals surface area contributed by atoms with Crippen molar-refractivity contribution in [1.82, 2.24) is 0 Å². The quantitative estimate of drug-likeness (QED) is 0.184. The summed E-state index contributed by atoms with van der Waals surface area (Å²) < 4.78 is 0. The summed E-state index contributed by atoms with van der Waals surface area (Å²) >= 11 is 0. The van der Waals surface area contributed by atoms with Gasteiger partial charge in [-0.2, -0.15) is 0 Å². The molecule has 0 saturated carbocycles. The van der Waals surface area contributed by atoms with E-state index in [0.717, 1.165) is 20.0 Å². The van der Waals surface area contributed by atoms with Crippen LogP contribution < -0.4 is 10.2 Å². The van der Waals surface area contributed by atoms with E-state index in [9.17, 15) is 0 Å². The van der Waals surface area contributed by atoms with Gasteiger partial charge in [-0.15, -0.1) is 0 Å². The first-order valence-electron chi connectivity index (χ1n) is 14.6. The van der Waals surface area contributed by atoms with Crippen LogP contribution in [0.1, 0.15) is 25.0 Å². The predicted octanol–water partition coefficient (Wildman–Crippen LogP) is 10.7. The molecule has 2 heteroatoms. The molecule has 0 saturated heterocycles. The summed E-state index contributed by atoms with van der Waals surface area (Å²) in [5.74, 6) is 0. The van der Waals surface area contributed by atoms with Crippen molar-refractivity contribution in [2.75, 3.05) is 11.6 Å². The maximum Gasteiger partial charge on any atom is 0.0467 e. The zero-order valence-corrected chi connectivity index (χ0v) is 25.3. The molecule has 42 heavy (non-hydrogen) atoms. The smallest absolute Gasteiger partial charge is 0.0467 e. The molecule has 0 aromatic heterocycles. The van der Waals surface area contributed by atoms with Gasteiger partial charge in [0.1, 0.15) is 0 Å². The summed E-state index contributed by atoms with van der Waals surface area (Å²) in [6.07, 6.45) is 0. The molecule has 1 atom stereocenters. The average Bonchev–Trinajstić information content (AvgIpc) is 3.28. The molecule has 0 heterocycles. The zero-order chi connectivity index (χ0) is 28.7. The summed E-state index contributed by atoms with van der Waals surface area (Å²) in [4.78, 5) is 2.41. The van der Waals surface area contributed by atoms with Crippen LogP contribution >= 0.6 is 8.58 Å². The second kappa shape index (κ2) is 10.8. The number of hydrogen-bond donors (Lipinski definition) is 0. The lowest BCUT2D eigenvalue weighted by atomic mass is 9.82. The monoisotopic (exact) mass is 559 g/mol. The highest BCUT2D eigenvalue weighted by atomic mass is 31.1. The molecule has 0 bridgehead atoms. The van der Waals surface area contributed by atoms with Crippen LogP contribution in [0.4, 0.5) is 17.1 Å². The molecule has 0 aliphatic heterocycles. The van der Waals surface area contributed by atoms with E-state index in [1.807, 2.05) is 0 Å². The van der Waals surface area contributed by atoms with Gasteiger partial charge in [-0.1, -0.05) is 126 Å². The number of benzene rings is 6. The lowest BCUT2D eigenvalue weighted by molar-refractivity contribution is 0.660. The van der Waals surface area contributed by atoms with Crippen molar-refractivity contribution in [3.63, 3.8) is 0 Å². The van der Waals surface area contributed by atoms with Gasteiger partial charge >= 0.3 is 0 Å². The van der Waals surface area contributed by atoms with Gasteiger partial charge in [0.15, 0.2) is 0 Å². The fourth-order valence-corrected chi connectivity index (χ4v) is 6.95. The fraction of sp³-hybridized carbons (Fsp3) is 0.100. The van der Waals surface area contributed by atoms with E-state index < -0.39 is 0 Å². The normalized spacial score (nSPS) is 13.2. The van der Waals surface area contributed by atoms with Gasteiger partial charge in [-0.25, -0.2) is 0 Å². The fourth-order valence-electron chi connectivity index (χ4n) is 6.39. The molecule has 7 rings (SSSR count). The summed E-state index contributed by atoms with van der Waals surface area (Å²) in [6, 6.07) is 53.3. The van der Waals surface area contributed by atoms with Gasteiger partial charge in [0, 0.05) is 22.5 Å². The van der Waals surface area contributed by atoms with Crippen molar-refractivity contribution in [2.45, 2.75) is 19.3 Å². The van der Waals surface area contributed by atoms with Crippen molar-refractivity contribution in [3.8, 4) is 33.4 Å². The summed E-state index contributed by atoms with van der Waals surface area (Å²) in [5.41, 5.74) is 13.8. The summed E-state index contributed by atoms with van der Waals surface area (Å²) in [5, 5.41) is 1.38. The second-order valence-electron chi connectivity index (χ2n) is 11.5. The third kappa shape index (κ3) is 4.65. The van der Waals surface area contributed by atoms with Gasteiger partial charge in [0.05, 0.1) is 0 Å². The van der Waals surface area contributed by atoms with Crippen LogP contribution in [0.3, 0.4) is 0 Å². The third-order valence-electron chi connectivity index (χ3n) is 8.65. The van der Waals surface area contributed by atoms with E-state index in [1.54, 1.807) is 0 Å². The molecule has 6 aromatic rings. The molecule has 0 spiro atoms. The molecule has 1 unspecified atom stereocenters. The number of fused-ring (bicyclic) bond motifs is 3. The number of hydrogen-bond acceptors (Lipinski definition) is 1. The van der Waals surface area contributed by atoms with Crippen molar-refractivity contribution < 1.29 is 0 Å². The molecule has 0 radical (unpaired) electrons. The Morgan fingerprint density at radius 1 is 0.452 bits per heavy atom. The van der Waals surface area contributed by atoms with Crippen molar-refractivity contribution >= 4 is 30.9 Å². The van der Waals surface area contributed by atoms with Gasteiger partial charge in [-0.3, -0.25) is 0 Å². The van der Waals surface area contributed by atoms with E-state index in [2.05, 4.69) is 171 Å². The van der Waals surface area contributed by atoms with Crippen LogP contribution in [-0.4, -0.2) is 6.66 Å². The molecule has 1 aliphatic carbocycles. The minimum absolute atomic E-state index is 0.0615. The average molecular weight is 560 g/mol. The van der Waals surface area contributed by atoms with Crippen LogP contribution in [-0.2, 0) is 5.41 Å². The molecule has 0 N–H and O–H groups in total. The van der Waals surface area contributed by atoms with E-state index in [-0.39, 0.29) is 5.41 Å². The maximum absolute atomic E-state index is 2.41. The first kappa shape index (κ1) is 26.4. The van der Waals surface area contributed by atoms with Gasteiger partial charge in [0.2, 0.25) is 0 Å². The molecule has 0 amide bonds. The van der Waals surface area contributed by atoms with Crippen LogP contribution in [0.2, 0.25) is 0 Å². The van der Waals surface area contributed by atoms with Crippen molar-refractivity contribution in [2.24, 2.45) is 0 Å². The first-order chi connectivity index (χ1) is 20.5. The van der Waals surface area contributed by atoms with Crippen molar-refractivity contribution in [1.29, 1.82) is 0 Å². The molecule has 1 nitrogen and oxygen atoms in total. The zero-order valence-electron chi connectivity index (χ0n) is 24.3. The Bertz CT molecular complexity index is 1890. The molecular weight excluding hydrogens is 525 g/mol. The van der Waals surface area contributed by atoms with E-state index >= 15 is 0 Å². The van der Waals surface area contributed by atoms with Crippen molar-refractivity contribution in [3.05, 3.63) is 157 Å². The number of nitrogens with zero attached hydrogens (tertiary/aromatic N) is 1. The Labute approximate surface area is 251 Å². The molecule has 204 valence electrons. The Hall–Kier alpha value is -4.45. The Morgan fingerprint density at radius 3 is 1.83 bits per heavy atom. The standard InChI is InChI=1S/C40H34NP/c1-40(2)38-18-8-7-17-36(38)37-24-23-34(27-39(37)40)41(32-21-19-29(20-22-32)28-11-5-4-6-12-28)33-15-9-13-30(25-33)31-14-10-16-35(26-31)42-3/h4-27,42H,1-3H3. The lowest BCUT2D eigenvalue weighted by Gasteiger charge is -2.28.